The van der Waals surface area contributed by atoms with Crippen LogP contribution in [-0.2, 0) is 9.53 Å². The number of aliphatic hydroxyl groups excluding tert-OH is 2. The SMILES string of the molecule is CCCCCCCCCCCCCCCC(=O)CCOCC(O)CO. The van der Waals surface area contributed by atoms with Gasteiger partial charge in [-0.1, -0.05) is 84.0 Å². The first kappa shape index (κ1) is 24.6. The molecular formula is C21H42O4. The molecule has 1 atom stereocenters. The number of ketones is 1. The van der Waals surface area contributed by atoms with E-state index in [1.165, 1.54) is 70.6 Å². The summed E-state index contributed by atoms with van der Waals surface area (Å²) in [5, 5.41) is 17.7. The molecule has 4 heteroatoms. The molecule has 0 spiro atoms. The number of hydrogen-bond donors (Lipinski definition) is 2. The van der Waals surface area contributed by atoms with Crippen molar-refractivity contribution in [3.8, 4) is 0 Å². The van der Waals surface area contributed by atoms with Gasteiger partial charge in [0.1, 0.15) is 11.9 Å². The van der Waals surface area contributed by atoms with Gasteiger partial charge < -0.3 is 14.9 Å². The molecule has 0 radical (unpaired) electrons. The van der Waals surface area contributed by atoms with E-state index in [2.05, 4.69) is 6.92 Å². The molecule has 0 heterocycles. The molecule has 0 aromatic rings. The van der Waals surface area contributed by atoms with Crippen LogP contribution in [0.25, 0.3) is 0 Å². The van der Waals surface area contributed by atoms with Gasteiger partial charge in [-0.25, -0.2) is 0 Å². The summed E-state index contributed by atoms with van der Waals surface area (Å²) in [6.45, 7) is 2.40. The summed E-state index contributed by atoms with van der Waals surface area (Å²) in [5.41, 5.74) is 0. The van der Waals surface area contributed by atoms with E-state index in [-0.39, 0.29) is 19.0 Å². The molecule has 0 aliphatic rings. The predicted molar refractivity (Wildman–Crippen MR) is 104 cm³/mol. The molecule has 0 saturated heterocycles. The Labute approximate surface area is 155 Å². The third kappa shape index (κ3) is 19.7. The van der Waals surface area contributed by atoms with Crippen LogP contribution in [0, 0.1) is 0 Å². The largest absolute Gasteiger partial charge is 0.394 e. The Balaban J connectivity index is 3.16. The highest BCUT2D eigenvalue weighted by Gasteiger charge is 2.04. The fourth-order valence-corrected chi connectivity index (χ4v) is 2.92. The Hall–Kier alpha value is -0.450. The van der Waals surface area contributed by atoms with Crippen LogP contribution < -0.4 is 0 Å². The van der Waals surface area contributed by atoms with Crippen molar-refractivity contribution in [1.82, 2.24) is 0 Å². The van der Waals surface area contributed by atoms with Gasteiger partial charge in [0.15, 0.2) is 0 Å². The molecule has 150 valence electrons. The quantitative estimate of drug-likeness (QED) is 0.307. The van der Waals surface area contributed by atoms with Crippen LogP contribution in [0.3, 0.4) is 0 Å². The second-order valence-corrected chi connectivity index (χ2v) is 7.19. The Morgan fingerprint density at radius 3 is 1.76 bits per heavy atom. The first-order valence-electron chi connectivity index (χ1n) is 10.6. The van der Waals surface area contributed by atoms with E-state index in [4.69, 9.17) is 14.9 Å². The first-order valence-corrected chi connectivity index (χ1v) is 10.6. The van der Waals surface area contributed by atoms with Crippen molar-refractivity contribution in [3.63, 3.8) is 0 Å². The molecule has 0 fully saturated rings. The minimum atomic E-state index is -0.837. The van der Waals surface area contributed by atoms with E-state index in [1.807, 2.05) is 0 Å². The highest BCUT2D eigenvalue weighted by Crippen LogP contribution is 2.13. The van der Waals surface area contributed by atoms with Crippen molar-refractivity contribution in [2.24, 2.45) is 0 Å². The molecule has 0 aliphatic carbocycles. The van der Waals surface area contributed by atoms with Gasteiger partial charge in [-0.3, -0.25) is 4.79 Å². The van der Waals surface area contributed by atoms with Crippen LogP contribution in [0.1, 0.15) is 103 Å². The number of aliphatic hydroxyl groups is 2. The van der Waals surface area contributed by atoms with Crippen molar-refractivity contribution in [3.05, 3.63) is 0 Å². The zero-order chi connectivity index (χ0) is 18.6. The Kier molecular flexibility index (Phi) is 19.5. The Morgan fingerprint density at radius 1 is 0.800 bits per heavy atom. The van der Waals surface area contributed by atoms with Crippen molar-refractivity contribution in [2.75, 3.05) is 19.8 Å². The van der Waals surface area contributed by atoms with Crippen LogP contribution in [-0.4, -0.2) is 41.9 Å². The standard InChI is InChI=1S/C21H42O4/c1-2-3-4-5-6-7-8-9-10-11-12-13-14-15-20(23)16-17-25-19-21(24)18-22/h21-22,24H,2-19H2,1H3. The van der Waals surface area contributed by atoms with E-state index in [9.17, 15) is 4.79 Å². The van der Waals surface area contributed by atoms with E-state index in [0.717, 1.165) is 12.8 Å². The molecule has 0 amide bonds. The molecule has 0 rings (SSSR count). The molecule has 4 nitrogen and oxygen atoms in total. The number of rotatable bonds is 20. The van der Waals surface area contributed by atoms with Gasteiger partial charge in [-0.15, -0.1) is 0 Å². The van der Waals surface area contributed by atoms with E-state index in [0.29, 0.717) is 19.4 Å². The minimum absolute atomic E-state index is 0.0997. The highest BCUT2D eigenvalue weighted by atomic mass is 16.5. The maximum Gasteiger partial charge on any atom is 0.135 e. The zero-order valence-corrected chi connectivity index (χ0v) is 16.5. The lowest BCUT2D eigenvalue weighted by molar-refractivity contribution is -0.120. The molecule has 0 bridgehead atoms. The lowest BCUT2D eigenvalue weighted by Gasteiger charge is -2.07. The molecule has 0 aromatic carbocycles. The van der Waals surface area contributed by atoms with Gasteiger partial charge >= 0.3 is 0 Å². The van der Waals surface area contributed by atoms with Crippen molar-refractivity contribution < 1.29 is 19.7 Å². The second kappa shape index (κ2) is 19.9. The summed E-state index contributed by atoms with van der Waals surface area (Å²) in [6.07, 6.45) is 17.3. The topological polar surface area (TPSA) is 66.8 Å². The Morgan fingerprint density at radius 2 is 1.28 bits per heavy atom. The lowest BCUT2D eigenvalue weighted by Crippen LogP contribution is -2.20. The van der Waals surface area contributed by atoms with Gasteiger partial charge in [-0.05, 0) is 6.42 Å². The van der Waals surface area contributed by atoms with Gasteiger partial charge in [0.05, 0.1) is 19.8 Å². The van der Waals surface area contributed by atoms with Crippen LogP contribution in [0.4, 0.5) is 0 Å². The van der Waals surface area contributed by atoms with Crippen LogP contribution in [0.2, 0.25) is 0 Å². The number of carbonyl (C=O) groups is 1. The van der Waals surface area contributed by atoms with Crippen LogP contribution in [0.15, 0.2) is 0 Å². The molecule has 0 saturated carbocycles. The monoisotopic (exact) mass is 358 g/mol. The average Bonchev–Trinajstić information content (AvgIpc) is 2.62. The lowest BCUT2D eigenvalue weighted by atomic mass is 10.0. The molecule has 1 unspecified atom stereocenters. The summed E-state index contributed by atoms with van der Waals surface area (Å²) in [4.78, 5) is 11.7. The predicted octanol–water partition coefficient (Wildman–Crippen LogP) is 4.80. The second-order valence-electron chi connectivity index (χ2n) is 7.19. The van der Waals surface area contributed by atoms with Crippen LogP contribution in [0.5, 0.6) is 0 Å². The fourth-order valence-electron chi connectivity index (χ4n) is 2.92. The summed E-state index contributed by atoms with van der Waals surface area (Å²) >= 11 is 0. The van der Waals surface area contributed by atoms with Gasteiger partial charge in [0.2, 0.25) is 0 Å². The summed E-state index contributed by atoms with van der Waals surface area (Å²) in [7, 11) is 0. The van der Waals surface area contributed by atoms with E-state index in [1.54, 1.807) is 0 Å². The zero-order valence-electron chi connectivity index (χ0n) is 16.5. The number of unbranched alkanes of at least 4 members (excludes halogenated alkanes) is 12. The van der Waals surface area contributed by atoms with E-state index < -0.39 is 6.10 Å². The third-order valence-electron chi connectivity index (χ3n) is 4.61. The average molecular weight is 359 g/mol. The third-order valence-corrected chi connectivity index (χ3v) is 4.61. The molecule has 0 aliphatic heterocycles. The molecule has 25 heavy (non-hydrogen) atoms. The normalized spacial score (nSPS) is 12.4. The van der Waals surface area contributed by atoms with Crippen molar-refractivity contribution in [1.29, 1.82) is 0 Å². The molecular weight excluding hydrogens is 316 g/mol. The fraction of sp³-hybridized carbons (Fsp3) is 0.952. The number of Topliss-reactive ketones (excluding diaryl/α,β-unsaturated/α-hetero) is 1. The summed E-state index contributed by atoms with van der Waals surface area (Å²) < 4.78 is 5.15. The highest BCUT2D eigenvalue weighted by molar-refractivity contribution is 5.78. The van der Waals surface area contributed by atoms with Crippen LogP contribution >= 0.6 is 0 Å². The number of hydrogen-bond acceptors (Lipinski definition) is 4. The first-order chi connectivity index (χ1) is 12.2. The summed E-state index contributed by atoms with van der Waals surface area (Å²) in [5.74, 6) is 0.238. The minimum Gasteiger partial charge on any atom is -0.394 e. The smallest absolute Gasteiger partial charge is 0.135 e. The van der Waals surface area contributed by atoms with E-state index >= 15 is 0 Å². The molecule has 2 N–H and O–H groups in total. The van der Waals surface area contributed by atoms with Gasteiger partial charge in [0, 0.05) is 12.8 Å². The maximum atomic E-state index is 11.7. The number of carbonyl (C=O) groups excluding carboxylic acids is 1. The van der Waals surface area contributed by atoms with Crippen molar-refractivity contribution in [2.45, 2.75) is 109 Å². The van der Waals surface area contributed by atoms with Crippen molar-refractivity contribution >= 4 is 5.78 Å². The van der Waals surface area contributed by atoms with Gasteiger partial charge in [-0.2, -0.15) is 0 Å². The van der Waals surface area contributed by atoms with Gasteiger partial charge in [0.25, 0.3) is 0 Å². The molecule has 0 aromatic heterocycles. The number of ether oxygens (including phenoxy) is 1. The summed E-state index contributed by atoms with van der Waals surface area (Å²) in [6, 6.07) is 0. The Bertz CT molecular complexity index is 281. The maximum absolute atomic E-state index is 11.7.